The fourth-order valence-corrected chi connectivity index (χ4v) is 4.97. The second-order valence-electron chi connectivity index (χ2n) is 7.06. The Labute approximate surface area is 164 Å². The van der Waals surface area contributed by atoms with Gasteiger partial charge in [0.05, 0.1) is 21.8 Å². The number of fused-ring (bicyclic) bond motifs is 1. The van der Waals surface area contributed by atoms with E-state index in [2.05, 4.69) is 25.0 Å². The minimum absolute atomic E-state index is 0.562. The molecule has 7 nitrogen and oxygen atoms in total. The van der Waals surface area contributed by atoms with Gasteiger partial charge in [0, 0.05) is 55.2 Å². The van der Waals surface area contributed by atoms with Crippen molar-refractivity contribution in [3.05, 3.63) is 40.9 Å². The number of likely N-dealkylation sites (tertiary alicyclic amines) is 1. The van der Waals surface area contributed by atoms with Gasteiger partial charge in [-0.05, 0) is 13.1 Å². The lowest BCUT2D eigenvalue weighted by Crippen LogP contribution is -2.57. The van der Waals surface area contributed by atoms with Crippen molar-refractivity contribution in [1.29, 1.82) is 0 Å². The van der Waals surface area contributed by atoms with E-state index < -0.39 is 5.60 Å². The van der Waals surface area contributed by atoms with Crippen LogP contribution >= 0.6 is 22.9 Å². The molecule has 0 bridgehead atoms. The quantitative estimate of drug-likeness (QED) is 0.552. The summed E-state index contributed by atoms with van der Waals surface area (Å²) in [7, 11) is 3.86. The molecule has 5 heterocycles. The Morgan fingerprint density at radius 3 is 2.74 bits per heavy atom. The summed E-state index contributed by atoms with van der Waals surface area (Å²) in [6.45, 7) is 1.18. The van der Waals surface area contributed by atoms with Crippen LogP contribution in [0.15, 0.2) is 30.9 Å². The van der Waals surface area contributed by atoms with Crippen LogP contribution in [0.1, 0.15) is 5.01 Å². The normalized spacial score (nSPS) is 16.7. The minimum Gasteiger partial charge on any atom is -0.380 e. The number of halogens is 1. The van der Waals surface area contributed by atoms with Gasteiger partial charge in [0.2, 0.25) is 0 Å². The van der Waals surface area contributed by atoms with Gasteiger partial charge in [-0.1, -0.05) is 11.6 Å². The number of aromatic nitrogens is 5. The fourth-order valence-electron chi connectivity index (χ4n) is 3.60. The summed E-state index contributed by atoms with van der Waals surface area (Å²) in [5.74, 6) is 0. The van der Waals surface area contributed by atoms with Crippen LogP contribution in [0.5, 0.6) is 0 Å². The zero-order valence-electron chi connectivity index (χ0n) is 14.8. The molecule has 4 aromatic heterocycles. The van der Waals surface area contributed by atoms with Crippen molar-refractivity contribution in [2.45, 2.75) is 5.60 Å². The van der Waals surface area contributed by atoms with Gasteiger partial charge in [-0.2, -0.15) is 5.10 Å². The zero-order chi connectivity index (χ0) is 18.8. The van der Waals surface area contributed by atoms with Crippen LogP contribution in [0, 0.1) is 0 Å². The first-order chi connectivity index (χ1) is 12.9. The molecule has 0 unspecified atom stereocenters. The van der Waals surface area contributed by atoms with Crippen LogP contribution in [-0.4, -0.2) is 54.9 Å². The van der Waals surface area contributed by atoms with E-state index in [1.54, 1.807) is 23.3 Å². The van der Waals surface area contributed by atoms with Crippen LogP contribution in [0.2, 0.25) is 5.02 Å². The lowest BCUT2D eigenvalue weighted by molar-refractivity contribution is -0.0919. The Kier molecular flexibility index (Phi) is 3.67. The molecule has 1 fully saturated rings. The standard InChI is InChI=1S/C18H17ClN6OS/c1-24-8-18(26,9-24)17-21-6-14(27-17)15-11-3-13(10-4-22-25(2)7-10)23-16(11)20-5-12(15)19/h3-7,26H,8-9H2,1-2H3,(H,20,23). The van der Waals surface area contributed by atoms with E-state index in [1.165, 1.54) is 11.3 Å². The van der Waals surface area contributed by atoms with Gasteiger partial charge in [-0.3, -0.25) is 9.58 Å². The number of hydrogen-bond donors (Lipinski definition) is 2. The molecule has 27 heavy (non-hydrogen) atoms. The second-order valence-corrected chi connectivity index (χ2v) is 8.50. The van der Waals surface area contributed by atoms with Gasteiger partial charge in [0.15, 0.2) is 0 Å². The summed E-state index contributed by atoms with van der Waals surface area (Å²) < 4.78 is 1.76. The number of nitrogens with one attached hydrogen (secondary N) is 1. The van der Waals surface area contributed by atoms with E-state index in [-0.39, 0.29) is 0 Å². The van der Waals surface area contributed by atoms with Gasteiger partial charge in [-0.25, -0.2) is 9.97 Å². The summed E-state index contributed by atoms with van der Waals surface area (Å²) in [6, 6.07) is 2.03. The summed E-state index contributed by atoms with van der Waals surface area (Å²) in [5.41, 5.74) is 2.68. The Morgan fingerprint density at radius 1 is 1.22 bits per heavy atom. The first-order valence-corrected chi connectivity index (χ1v) is 9.66. The molecule has 0 aromatic carbocycles. The van der Waals surface area contributed by atoms with Crippen molar-refractivity contribution >= 4 is 34.0 Å². The highest BCUT2D eigenvalue weighted by molar-refractivity contribution is 7.15. The molecule has 0 amide bonds. The number of H-pyrrole nitrogens is 1. The van der Waals surface area contributed by atoms with Crippen LogP contribution in [-0.2, 0) is 12.6 Å². The number of aryl methyl sites for hydroxylation is 1. The summed E-state index contributed by atoms with van der Waals surface area (Å²) in [5, 5.41) is 17.1. The van der Waals surface area contributed by atoms with E-state index in [1.807, 2.05) is 26.4 Å². The third-order valence-electron chi connectivity index (χ3n) is 4.84. The van der Waals surface area contributed by atoms with Crippen LogP contribution in [0.4, 0.5) is 0 Å². The first kappa shape index (κ1) is 16.9. The molecule has 9 heteroatoms. The van der Waals surface area contributed by atoms with Crippen LogP contribution in [0.25, 0.3) is 32.7 Å². The van der Waals surface area contributed by atoms with Crippen molar-refractivity contribution in [2.24, 2.45) is 7.05 Å². The Balaban J connectivity index is 1.61. The maximum Gasteiger partial charge on any atom is 0.141 e. The SMILES string of the molecule is CN1CC(O)(c2ncc(-c3c(Cl)cnc4[nH]c(-c5cnn(C)c5)cc34)s2)C1. The number of hydrogen-bond acceptors (Lipinski definition) is 6. The Hall–Kier alpha value is -2.26. The largest absolute Gasteiger partial charge is 0.380 e. The molecule has 4 aromatic rings. The number of aromatic amines is 1. The lowest BCUT2D eigenvalue weighted by atomic mass is 9.96. The minimum atomic E-state index is -0.866. The van der Waals surface area contributed by atoms with Gasteiger partial charge < -0.3 is 10.1 Å². The lowest BCUT2D eigenvalue weighted by Gasteiger charge is -2.42. The smallest absolute Gasteiger partial charge is 0.141 e. The summed E-state index contributed by atoms with van der Waals surface area (Å²) in [4.78, 5) is 15.2. The summed E-state index contributed by atoms with van der Waals surface area (Å²) in [6.07, 6.45) is 7.18. The number of nitrogens with zero attached hydrogens (tertiary/aromatic N) is 5. The molecule has 2 N–H and O–H groups in total. The monoisotopic (exact) mass is 400 g/mol. The average molecular weight is 401 g/mol. The van der Waals surface area contributed by atoms with Gasteiger partial charge in [0.1, 0.15) is 16.3 Å². The average Bonchev–Trinajstić information content (AvgIpc) is 3.31. The van der Waals surface area contributed by atoms with Gasteiger partial charge in [-0.15, -0.1) is 11.3 Å². The fraction of sp³-hybridized carbons (Fsp3) is 0.278. The molecular weight excluding hydrogens is 384 g/mol. The van der Waals surface area contributed by atoms with E-state index in [4.69, 9.17) is 11.6 Å². The number of aliphatic hydroxyl groups is 1. The molecule has 5 rings (SSSR count). The first-order valence-electron chi connectivity index (χ1n) is 8.47. The van der Waals surface area contributed by atoms with Crippen LogP contribution < -0.4 is 0 Å². The molecule has 1 saturated heterocycles. The van der Waals surface area contributed by atoms with E-state index in [0.717, 1.165) is 37.7 Å². The third-order valence-corrected chi connectivity index (χ3v) is 6.34. The highest BCUT2D eigenvalue weighted by atomic mass is 35.5. The van der Waals surface area contributed by atoms with Gasteiger partial charge in [0.25, 0.3) is 0 Å². The van der Waals surface area contributed by atoms with Gasteiger partial charge >= 0.3 is 0 Å². The predicted molar refractivity (Wildman–Crippen MR) is 106 cm³/mol. The highest BCUT2D eigenvalue weighted by Crippen LogP contribution is 2.42. The maximum atomic E-state index is 10.7. The van der Waals surface area contributed by atoms with E-state index >= 15 is 0 Å². The molecule has 0 spiro atoms. The second kappa shape index (κ2) is 5.87. The van der Waals surface area contributed by atoms with E-state index in [0.29, 0.717) is 18.1 Å². The van der Waals surface area contributed by atoms with Crippen molar-refractivity contribution in [3.8, 4) is 21.7 Å². The molecule has 0 atom stereocenters. The van der Waals surface area contributed by atoms with Crippen molar-refractivity contribution in [1.82, 2.24) is 29.6 Å². The number of β-amino-alcohol motifs (C(OH)–C–C–N with tert-alkyl or cyclic N) is 1. The molecule has 138 valence electrons. The summed E-state index contributed by atoms with van der Waals surface area (Å²) >= 11 is 7.99. The zero-order valence-corrected chi connectivity index (χ0v) is 16.3. The molecule has 1 aliphatic heterocycles. The van der Waals surface area contributed by atoms with E-state index in [9.17, 15) is 5.11 Å². The molecule has 0 saturated carbocycles. The molecule has 0 aliphatic carbocycles. The third kappa shape index (κ3) is 2.68. The topological polar surface area (TPSA) is 82.9 Å². The number of rotatable bonds is 3. The van der Waals surface area contributed by atoms with Crippen molar-refractivity contribution in [2.75, 3.05) is 20.1 Å². The molecule has 1 aliphatic rings. The molecule has 0 radical (unpaired) electrons. The number of likely N-dealkylation sites (N-methyl/N-ethyl adjacent to an activating group) is 1. The van der Waals surface area contributed by atoms with Crippen LogP contribution in [0.3, 0.4) is 0 Å². The van der Waals surface area contributed by atoms with Crippen molar-refractivity contribution in [3.63, 3.8) is 0 Å². The number of pyridine rings is 1. The number of thiazole rings is 1. The maximum absolute atomic E-state index is 10.7. The Bertz CT molecular complexity index is 1160. The van der Waals surface area contributed by atoms with Crippen molar-refractivity contribution < 1.29 is 5.11 Å². The molecular formula is C18H17ClN6OS. The highest BCUT2D eigenvalue weighted by Gasteiger charge is 2.43. The Morgan fingerprint density at radius 2 is 2.04 bits per heavy atom. The predicted octanol–water partition coefficient (Wildman–Crippen LogP) is 2.87.